The number of hydrogen-bond donors (Lipinski definition) is 0. The highest BCUT2D eigenvalue weighted by Gasteiger charge is 2.20. The maximum Gasteiger partial charge on any atom is 0.224 e. The Bertz CT molecular complexity index is 1120. The Hall–Kier alpha value is -3.00. The fourth-order valence-electron chi connectivity index (χ4n) is 3.88. The topological polar surface area (TPSA) is 73.1 Å². The molecule has 0 saturated heterocycles. The van der Waals surface area contributed by atoms with Gasteiger partial charge < -0.3 is 9.64 Å². The van der Waals surface area contributed by atoms with E-state index >= 15 is 0 Å². The molecule has 8 heteroatoms. The van der Waals surface area contributed by atoms with Gasteiger partial charge in [-0.2, -0.15) is 10.1 Å². The molecule has 4 rings (SSSR count). The van der Waals surface area contributed by atoms with Gasteiger partial charge in [-0.25, -0.2) is 4.98 Å². The highest BCUT2D eigenvalue weighted by Crippen LogP contribution is 2.21. The number of carbonyl (C=O) groups is 1. The van der Waals surface area contributed by atoms with Crippen molar-refractivity contribution in [3.63, 3.8) is 0 Å². The highest BCUT2D eigenvalue weighted by atomic mass is 28.3. The van der Waals surface area contributed by atoms with Crippen LogP contribution in [-0.2, 0) is 24.3 Å². The molecule has 174 valence electrons. The average molecular weight is 464 g/mol. The first-order valence-electron chi connectivity index (χ1n) is 11.6. The maximum absolute atomic E-state index is 12.8. The largest absolute Gasteiger partial charge is 0.478 e. The number of rotatable bonds is 8. The van der Waals surface area contributed by atoms with Crippen LogP contribution in [0.3, 0.4) is 0 Å². The summed E-state index contributed by atoms with van der Waals surface area (Å²) in [4.78, 5) is 23.8. The molecule has 0 aliphatic carbocycles. The first-order chi connectivity index (χ1) is 15.8. The summed E-state index contributed by atoms with van der Waals surface area (Å²) in [5, 5.41) is 4.43. The Kier molecular flexibility index (Phi) is 6.93. The number of fused-ring (bicyclic) bond motifs is 1. The van der Waals surface area contributed by atoms with Crippen LogP contribution >= 0.6 is 0 Å². The lowest BCUT2D eigenvalue weighted by molar-refractivity contribution is -0.132. The van der Waals surface area contributed by atoms with Gasteiger partial charge in [-0.1, -0.05) is 43.9 Å². The molecule has 0 unspecified atom stereocenters. The molecular weight excluding hydrogens is 430 g/mol. The molecule has 0 atom stereocenters. The van der Waals surface area contributed by atoms with Crippen LogP contribution < -0.4 is 4.74 Å². The van der Waals surface area contributed by atoms with Crippen LogP contribution in [0.4, 0.5) is 0 Å². The normalized spacial score (nSPS) is 13.6. The fraction of sp³-hybridized carbons (Fsp3) is 0.440. The van der Waals surface area contributed by atoms with Gasteiger partial charge in [0.05, 0.1) is 18.4 Å². The van der Waals surface area contributed by atoms with E-state index in [2.05, 4.69) is 52.9 Å². The summed E-state index contributed by atoms with van der Waals surface area (Å²) < 4.78 is 7.70. The third kappa shape index (κ3) is 6.28. The van der Waals surface area contributed by atoms with Crippen molar-refractivity contribution in [3.8, 4) is 17.3 Å². The summed E-state index contributed by atoms with van der Waals surface area (Å²) in [6, 6.07) is 11.3. The molecule has 1 aliphatic heterocycles. The van der Waals surface area contributed by atoms with E-state index in [1.807, 2.05) is 30.2 Å². The van der Waals surface area contributed by atoms with Crippen LogP contribution in [0.15, 0.2) is 42.7 Å². The minimum Gasteiger partial charge on any atom is -0.478 e. The molecule has 1 aliphatic rings. The van der Waals surface area contributed by atoms with E-state index in [1.54, 1.807) is 10.9 Å². The van der Waals surface area contributed by atoms with Gasteiger partial charge in [0.2, 0.25) is 11.8 Å². The lowest BCUT2D eigenvalue weighted by Crippen LogP contribution is -2.36. The second-order valence-corrected chi connectivity index (χ2v) is 15.5. The second-order valence-electron chi connectivity index (χ2n) is 9.91. The zero-order valence-electron chi connectivity index (χ0n) is 20.0. The van der Waals surface area contributed by atoms with E-state index in [1.165, 1.54) is 11.1 Å². The molecule has 7 nitrogen and oxygen atoms in total. The molecule has 0 fully saturated rings. The van der Waals surface area contributed by atoms with Gasteiger partial charge >= 0.3 is 0 Å². The summed E-state index contributed by atoms with van der Waals surface area (Å²) in [5.41, 5.74) is 4.28. The first-order valence-corrected chi connectivity index (χ1v) is 15.3. The SMILES string of the molecule is Cc1cc(OCC[Si](C)(C)C)nc(-c2cnn(CCC(=O)N3CCc4ccccc4C3)c2)n1. The van der Waals surface area contributed by atoms with Crippen LogP contribution in [-0.4, -0.2) is 51.8 Å². The van der Waals surface area contributed by atoms with Crippen molar-refractivity contribution >= 4 is 14.0 Å². The number of aryl methyl sites for hydroxylation is 2. The average Bonchev–Trinajstić information content (AvgIpc) is 3.25. The third-order valence-electron chi connectivity index (χ3n) is 5.86. The maximum atomic E-state index is 12.8. The van der Waals surface area contributed by atoms with Gasteiger partial charge in [0, 0.05) is 52.1 Å². The van der Waals surface area contributed by atoms with Crippen molar-refractivity contribution in [2.75, 3.05) is 13.2 Å². The summed E-state index contributed by atoms with van der Waals surface area (Å²) in [6.07, 6.45) is 4.99. The predicted molar refractivity (Wildman–Crippen MR) is 132 cm³/mol. The summed E-state index contributed by atoms with van der Waals surface area (Å²) in [7, 11) is -1.16. The monoisotopic (exact) mass is 463 g/mol. The van der Waals surface area contributed by atoms with Crippen LogP contribution in [0.1, 0.15) is 23.2 Å². The van der Waals surface area contributed by atoms with Crippen molar-refractivity contribution in [2.45, 2.75) is 58.5 Å². The molecule has 0 radical (unpaired) electrons. The minimum absolute atomic E-state index is 0.159. The van der Waals surface area contributed by atoms with Crippen molar-refractivity contribution in [1.29, 1.82) is 0 Å². The minimum atomic E-state index is -1.16. The summed E-state index contributed by atoms with van der Waals surface area (Å²) >= 11 is 0. The lowest BCUT2D eigenvalue weighted by Gasteiger charge is -2.29. The Labute approximate surface area is 196 Å². The Morgan fingerprint density at radius 1 is 1.15 bits per heavy atom. The number of hydrogen-bond acceptors (Lipinski definition) is 5. The predicted octanol–water partition coefficient (Wildman–Crippen LogP) is 4.34. The second kappa shape index (κ2) is 9.87. The molecule has 3 heterocycles. The summed E-state index contributed by atoms with van der Waals surface area (Å²) in [5.74, 6) is 1.36. The molecule has 1 aromatic carbocycles. The molecule has 0 spiro atoms. The molecule has 0 bridgehead atoms. The smallest absolute Gasteiger partial charge is 0.224 e. The Morgan fingerprint density at radius 3 is 2.73 bits per heavy atom. The lowest BCUT2D eigenvalue weighted by atomic mass is 10.00. The van der Waals surface area contributed by atoms with E-state index < -0.39 is 8.07 Å². The molecule has 33 heavy (non-hydrogen) atoms. The van der Waals surface area contributed by atoms with Gasteiger partial charge in [0.25, 0.3) is 0 Å². The highest BCUT2D eigenvalue weighted by molar-refractivity contribution is 6.76. The number of amides is 1. The van der Waals surface area contributed by atoms with Gasteiger partial charge in [0.15, 0.2) is 5.82 Å². The Balaban J connectivity index is 1.35. The molecule has 2 aromatic heterocycles. The molecule has 0 saturated carbocycles. The van der Waals surface area contributed by atoms with Gasteiger partial charge in [-0.15, -0.1) is 0 Å². The van der Waals surface area contributed by atoms with E-state index in [-0.39, 0.29) is 5.91 Å². The molecular formula is C25H33N5O2Si. The molecule has 0 N–H and O–H groups in total. The van der Waals surface area contributed by atoms with Crippen molar-refractivity contribution in [3.05, 3.63) is 59.5 Å². The van der Waals surface area contributed by atoms with Crippen LogP contribution in [0, 0.1) is 6.92 Å². The van der Waals surface area contributed by atoms with Gasteiger partial charge in [-0.3, -0.25) is 9.48 Å². The standard InChI is InChI=1S/C25H33N5O2Si/c1-19-15-23(32-13-14-33(2,3)4)28-25(27-19)22-16-26-30(18-22)12-10-24(31)29-11-9-20-7-5-6-8-21(20)17-29/h5-8,15-16,18H,9-14,17H2,1-4H3. The van der Waals surface area contributed by atoms with Gasteiger partial charge in [0.1, 0.15) is 0 Å². The summed E-state index contributed by atoms with van der Waals surface area (Å²) in [6.45, 7) is 11.6. The number of ether oxygens (including phenoxy) is 1. The number of aromatic nitrogens is 4. The van der Waals surface area contributed by atoms with E-state index in [0.717, 1.165) is 30.3 Å². The van der Waals surface area contributed by atoms with Crippen LogP contribution in [0.2, 0.25) is 25.7 Å². The molecule has 1 amide bonds. The number of carbonyl (C=O) groups excluding carboxylic acids is 1. The molecule has 3 aromatic rings. The zero-order valence-corrected chi connectivity index (χ0v) is 21.0. The van der Waals surface area contributed by atoms with E-state index in [0.29, 0.717) is 37.8 Å². The van der Waals surface area contributed by atoms with Crippen molar-refractivity contribution in [1.82, 2.24) is 24.6 Å². The fourth-order valence-corrected chi connectivity index (χ4v) is 4.60. The number of nitrogens with zero attached hydrogens (tertiary/aromatic N) is 5. The first kappa shape index (κ1) is 23.2. The zero-order chi connectivity index (χ0) is 23.4. The van der Waals surface area contributed by atoms with E-state index in [9.17, 15) is 4.79 Å². The Morgan fingerprint density at radius 2 is 1.94 bits per heavy atom. The van der Waals surface area contributed by atoms with Crippen LogP contribution in [0.5, 0.6) is 5.88 Å². The van der Waals surface area contributed by atoms with Gasteiger partial charge in [-0.05, 0) is 30.5 Å². The third-order valence-corrected chi connectivity index (χ3v) is 7.57. The number of benzene rings is 1. The van der Waals surface area contributed by atoms with Crippen molar-refractivity contribution < 1.29 is 9.53 Å². The van der Waals surface area contributed by atoms with Crippen LogP contribution in [0.25, 0.3) is 11.4 Å². The van der Waals surface area contributed by atoms with Crippen molar-refractivity contribution in [2.24, 2.45) is 0 Å². The van der Waals surface area contributed by atoms with E-state index in [4.69, 9.17) is 4.74 Å². The quantitative estimate of drug-likeness (QED) is 0.465.